The van der Waals surface area contributed by atoms with Crippen LogP contribution in [0, 0.1) is 0 Å². The first-order valence-electron chi connectivity index (χ1n) is 6.95. The number of aromatic amines is 1. The first-order chi connectivity index (χ1) is 10.2. The molecule has 2 aromatic rings. The standard InChI is InChI=1S/C15H17N3O2S/c19-14-3-4-16-13-9-11(1-2-12(13)14)10-17-15(20)18-5-7-21-8-6-18/h1-4,9H,5-8,10H2,(H,16,19)(H,17,20). The molecule has 6 heteroatoms. The van der Waals surface area contributed by atoms with E-state index < -0.39 is 0 Å². The van der Waals surface area contributed by atoms with Crippen molar-refractivity contribution < 1.29 is 4.79 Å². The summed E-state index contributed by atoms with van der Waals surface area (Å²) in [4.78, 5) is 28.6. The average molecular weight is 303 g/mol. The van der Waals surface area contributed by atoms with Crippen LogP contribution < -0.4 is 10.7 Å². The molecule has 3 rings (SSSR count). The topological polar surface area (TPSA) is 65.2 Å². The fourth-order valence-electron chi connectivity index (χ4n) is 2.39. The van der Waals surface area contributed by atoms with Gasteiger partial charge in [0.25, 0.3) is 0 Å². The van der Waals surface area contributed by atoms with Gasteiger partial charge in [0, 0.05) is 54.3 Å². The van der Waals surface area contributed by atoms with E-state index in [9.17, 15) is 9.59 Å². The number of amides is 2. The summed E-state index contributed by atoms with van der Waals surface area (Å²) in [5.41, 5.74) is 1.78. The number of hydrogen-bond donors (Lipinski definition) is 2. The smallest absolute Gasteiger partial charge is 0.317 e. The van der Waals surface area contributed by atoms with Gasteiger partial charge in [-0.05, 0) is 17.7 Å². The lowest BCUT2D eigenvalue weighted by Crippen LogP contribution is -2.44. The number of nitrogens with one attached hydrogen (secondary N) is 2. The largest absolute Gasteiger partial charge is 0.361 e. The lowest BCUT2D eigenvalue weighted by Gasteiger charge is -2.26. The van der Waals surface area contributed by atoms with E-state index >= 15 is 0 Å². The van der Waals surface area contributed by atoms with E-state index in [0.717, 1.165) is 35.7 Å². The molecule has 0 bridgehead atoms. The van der Waals surface area contributed by atoms with Gasteiger partial charge in [0.15, 0.2) is 5.43 Å². The number of fused-ring (bicyclic) bond motifs is 1. The van der Waals surface area contributed by atoms with Gasteiger partial charge in [-0.25, -0.2) is 4.79 Å². The summed E-state index contributed by atoms with van der Waals surface area (Å²) < 4.78 is 0. The van der Waals surface area contributed by atoms with Gasteiger partial charge in [-0.2, -0.15) is 11.8 Å². The van der Waals surface area contributed by atoms with Crippen LogP contribution in [-0.2, 0) is 6.54 Å². The Morgan fingerprint density at radius 1 is 1.29 bits per heavy atom. The van der Waals surface area contributed by atoms with Crippen molar-refractivity contribution in [2.75, 3.05) is 24.6 Å². The monoisotopic (exact) mass is 303 g/mol. The van der Waals surface area contributed by atoms with Crippen molar-refractivity contribution in [1.29, 1.82) is 0 Å². The fourth-order valence-corrected chi connectivity index (χ4v) is 3.29. The van der Waals surface area contributed by atoms with E-state index in [1.54, 1.807) is 12.3 Å². The molecule has 2 amide bonds. The molecule has 0 spiro atoms. The Balaban J connectivity index is 1.67. The molecule has 21 heavy (non-hydrogen) atoms. The molecule has 1 aliphatic heterocycles. The summed E-state index contributed by atoms with van der Waals surface area (Å²) in [7, 11) is 0. The summed E-state index contributed by atoms with van der Waals surface area (Å²) in [6.45, 7) is 2.08. The number of aromatic nitrogens is 1. The summed E-state index contributed by atoms with van der Waals surface area (Å²) in [5, 5.41) is 3.60. The lowest BCUT2D eigenvalue weighted by molar-refractivity contribution is 0.202. The summed E-state index contributed by atoms with van der Waals surface area (Å²) in [5.74, 6) is 2.01. The van der Waals surface area contributed by atoms with E-state index in [-0.39, 0.29) is 11.5 Å². The number of nitrogens with zero attached hydrogens (tertiary/aromatic N) is 1. The average Bonchev–Trinajstić information content (AvgIpc) is 2.53. The number of carbonyl (C=O) groups excluding carboxylic acids is 1. The number of rotatable bonds is 2. The molecule has 1 saturated heterocycles. The predicted octanol–water partition coefficient (Wildman–Crippen LogP) is 1.79. The first kappa shape index (κ1) is 14.0. The minimum atomic E-state index is -0.0167. The molecule has 0 aliphatic carbocycles. The molecule has 0 unspecified atom stereocenters. The van der Waals surface area contributed by atoms with Gasteiger partial charge in [0.05, 0.1) is 0 Å². The maximum absolute atomic E-state index is 12.0. The van der Waals surface area contributed by atoms with Crippen LogP contribution in [0.2, 0.25) is 0 Å². The van der Waals surface area contributed by atoms with Gasteiger partial charge in [0.1, 0.15) is 0 Å². The molecule has 1 aromatic carbocycles. The number of H-pyrrole nitrogens is 1. The van der Waals surface area contributed by atoms with Crippen molar-refractivity contribution in [3.8, 4) is 0 Å². The number of pyridine rings is 1. The van der Waals surface area contributed by atoms with Crippen LogP contribution in [0.4, 0.5) is 4.79 Å². The van der Waals surface area contributed by atoms with Crippen LogP contribution in [0.5, 0.6) is 0 Å². The number of carbonyl (C=O) groups is 1. The highest BCUT2D eigenvalue weighted by atomic mass is 32.2. The molecule has 0 saturated carbocycles. The first-order valence-corrected chi connectivity index (χ1v) is 8.10. The highest BCUT2D eigenvalue weighted by molar-refractivity contribution is 7.99. The van der Waals surface area contributed by atoms with E-state index in [4.69, 9.17) is 0 Å². The van der Waals surface area contributed by atoms with Crippen molar-refractivity contribution >= 4 is 28.7 Å². The quantitative estimate of drug-likeness (QED) is 0.889. The normalized spacial score (nSPS) is 15.1. The van der Waals surface area contributed by atoms with E-state index in [2.05, 4.69) is 10.3 Å². The maximum Gasteiger partial charge on any atom is 0.317 e. The number of benzene rings is 1. The molecule has 0 atom stereocenters. The molecule has 5 nitrogen and oxygen atoms in total. The zero-order valence-electron chi connectivity index (χ0n) is 11.6. The van der Waals surface area contributed by atoms with Gasteiger partial charge < -0.3 is 15.2 Å². The van der Waals surface area contributed by atoms with Crippen LogP contribution in [0.15, 0.2) is 35.3 Å². The summed E-state index contributed by atoms with van der Waals surface area (Å²) in [6, 6.07) is 7.08. The van der Waals surface area contributed by atoms with Crippen LogP contribution in [0.3, 0.4) is 0 Å². The highest BCUT2D eigenvalue weighted by Crippen LogP contribution is 2.11. The zero-order valence-corrected chi connectivity index (χ0v) is 12.4. The Hall–Kier alpha value is -1.95. The van der Waals surface area contributed by atoms with Crippen LogP contribution in [0.1, 0.15) is 5.56 Å². The van der Waals surface area contributed by atoms with Crippen molar-refractivity contribution in [1.82, 2.24) is 15.2 Å². The van der Waals surface area contributed by atoms with Crippen molar-refractivity contribution in [2.24, 2.45) is 0 Å². The second-order valence-electron chi connectivity index (χ2n) is 4.98. The van der Waals surface area contributed by atoms with Gasteiger partial charge >= 0.3 is 6.03 Å². The summed E-state index contributed by atoms with van der Waals surface area (Å²) >= 11 is 1.88. The molecule has 2 N–H and O–H groups in total. The molecule has 0 radical (unpaired) electrons. The third kappa shape index (κ3) is 3.21. The van der Waals surface area contributed by atoms with E-state index in [0.29, 0.717) is 11.9 Å². The van der Waals surface area contributed by atoms with Crippen LogP contribution in [-0.4, -0.2) is 40.5 Å². The van der Waals surface area contributed by atoms with Gasteiger partial charge in [-0.1, -0.05) is 6.07 Å². The molecule has 2 heterocycles. The van der Waals surface area contributed by atoms with Crippen molar-refractivity contribution in [3.63, 3.8) is 0 Å². The Morgan fingerprint density at radius 3 is 2.90 bits per heavy atom. The highest BCUT2D eigenvalue weighted by Gasteiger charge is 2.15. The molecule has 1 aliphatic rings. The second kappa shape index (κ2) is 6.22. The van der Waals surface area contributed by atoms with Gasteiger partial charge in [-0.3, -0.25) is 4.79 Å². The Bertz CT molecular complexity index is 707. The van der Waals surface area contributed by atoms with Crippen LogP contribution in [0.25, 0.3) is 10.9 Å². The lowest BCUT2D eigenvalue weighted by atomic mass is 10.1. The minimum Gasteiger partial charge on any atom is -0.361 e. The molecular weight excluding hydrogens is 286 g/mol. The summed E-state index contributed by atoms with van der Waals surface area (Å²) in [6.07, 6.45) is 1.64. The Labute approximate surface area is 126 Å². The van der Waals surface area contributed by atoms with Crippen LogP contribution >= 0.6 is 11.8 Å². The van der Waals surface area contributed by atoms with Crippen molar-refractivity contribution in [2.45, 2.75) is 6.54 Å². The third-order valence-corrected chi connectivity index (χ3v) is 4.51. The number of urea groups is 1. The minimum absolute atomic E-state index is 0.00477. The van der Waals surface area contributed by atoms with Gasteiger partial charge in [-0.15, -0.1) is 0 Å². The van der Waals surface area contributed by atoms with E-state index in [1.807, 2.05) is 28.8 Å². The molecule has 110 valence electrons. The second-order valence-corrected chi connectivity index (χ2v) is 6.20. The van der Waals surface area contributed by atoms with E-state index in [1.165, 1.54) is 6.07 Å². The SMILES string of the molecule is O=C(NCc1ccc2c(=O)cc[nH]c2c1)N1CCSCC1. The Morgan fingerprint density at radius 2 is 2.10 bits per heavy atom. The third-order valence-electron chi connectivity index (χ3n) is 3.57. The molecular formula is C15H17N3O2S. The maximum atomic E-state index is 12.0. The molecule has 1 aromatic heterocycles. The Kier molecular flexibility index (Phi) is 4.15. The number of hydrogen-bond acceptors (Lipinski definition) is 3. The van der Waals surface area contributed by atoms with Gasteiger partial charge in [0.2, 0.25) is 0 Å². The molecule has 1 fully saturated rings. The zero-order chi connectivity index (χ0) is 14.7. The predicted molar refractivity (Wildman–Crippen MR) is 85.7 cm³/mol. The number of thioether (sulfide) groups is 1. The van der Waals surface area contributed by atoms with Crippen molar-refractivity contribution in [3.05, 3.63) is 46.2 Å². The fraction of sp³-hybridized carbons (Fsp3) is 0.333.